The van der Waals surface area contributed by atoms with Crippen molar-refractivity contribution >= 4 is 32.7 Å². The smallest absolute Gasteiger partial charge is 0.138 e. The zero-order valence-electron chi connectivity index (χ0n) is 18.6. The standard InChI is InChI=1S/C29H20FN3OS/c30-22-9-7-20(8-10-22)25-17-32-29-28(27(25)21-12-14-31-15-13-21)24-16-19(6-11-26(24)33-29)18-35(34)23-4-2-1-3-5-23/h1-17H,18H2,(H,32,33). The molecular formula is C29H20FN3OS. The Morgan fingerprint density at radius 2 is 1.63 bits per heavy atom. The molecule has 0 radical (unpaired) electrons. The molecule has 0 spiro atoms. The molecule has 3 heterocycles. The van der Waals surface area contributed by atoms with Gasteiger partial charge in [0.05, 0.1) is 16.6 Å². The van der Waals surface area contributed by atoms with E-state index in [1.54, 1.807) is 24.5 Å². The van der Waals surface area contributed by atoms with Crippen molar-refractivity contribution in [1.29, 1.82) is 0 Å². The van der Waals surface area contributed by atoms with Gasteiger partial charge in [-0.3, -0.25) is 9.19 Å². The van der Waals surface area contributed by atoms with Gasteiger partial charge in [0.2, 0.25) is 0 Å². The van der Waals surface area contributed by atoms with Crippen LogP contribution in [0.15, 0.2) is 108 Å². The fraction of sp³-hybridized carbons (Fsp3) is 0.0345. The Labute approximate surface area is 204 Å². The minimum Gasteiger partial charge on any atom is -0.339 e. The molecule has 0 saturated carbocycles. The summed E-state index contributed by atoms with van der Waals surface area (Å²) in [7, 11) is -1.15. The van der Waals surface area contributed by atoms with Crippen LogP contribution in [0.25, 0.3) is 44.2 Å². The van der Waals surface area contributed by atoms with Crippen LogP contribution in [0, 0.1) is 5.82 Å². The predicted octanol–water partition coefficient (Wildman–Crippen LogP) is 6.89. The first-order valence-corrected chi connectivity index (χ1v) is 12.5. The van der Waals surface area contributed by atoms with Gasteiger partial charge in [0.1, 0.15) is 11.5 Å². The lowest BCUT2D eigenvalue weighted by atomic mass is 9.93. The first-order chi connectivity index (χ1) is 17.2. The van der Waals surface area contributed by atoms with Gasteiger partial charge in [0.15, 0.2) is 0 Å². The van der Waals surface area contributed by atoms with Crippen LogP contribution in [0.5, 0.6) is 0 Å². The van der Waals surface area contributed by atoms with E-state index in [9.17, 15) is 8.60 Å². The van der Waals surface area contributed by atoms with Crippen LogP contribution >= 0.6 is 0 Å². The number of H-pyrrole nitrogens is 1. The zero-order valence-corrected chi connectivity index (χ0v) is 19.4. The lowest BCUT2D eigenvalue weighted by Gasteiger charge is -2.12. The molecule has 0 bridgehead atoms. The largest absolute Gasteiger partial charge is 0.339 e. The Morgan fingerprint density at radius 3 is 2.40 bits per heavy atom. The van der Waals surface area contributed by atoms with E-state index in [4.69, 9.17) is 4.98 Å². The van der Waals surface area contributed by atoms with Crippen molar-refractivity contribution in [1.82, 2.24) is 15.0 Å². The van der Waals surface area contributed by atoms with Gasteiger partial charge < -0.3 is 4.98 Å². The number of benzene rings is 3. The Hall–Kier alpha value is -4.16. The molecule has 6 heteroatoms. The van der Waals surface area contributed by atoms with Gasteiger partial charge in [-0.1, -0.05) is 36.4 Å². The number of halogens is 1. The van der Waals surface area contributed by atoms with Gasteiger partial charge in [0.25, 0.3) is 0 Å². The molecule has 6 rings (SSSR count). The van der Waals surface area contributed by atoms with Crippen molar-refractivity contribution < 1.29 is 8.60 Å². The highest BCUT2D eigenvalue weighted by Crippen LogP contribution is 2.40. The third kappa shape index (κ3) is 4.02. The molecule has 0 saturated heterocycles. The highest BCUT2D eigenvalue weighted by Gasteiger charge is 2.18. The SMILES string of the molecule is O=S(Cc1ccc2[nH]c3ncc(-c4ccc(F)cc4)c(-c4ccncc4)c3c2c1)c1ccccc1. The van der Waals surface area contributed by atoms with Crippen molar-refractivity contribution in [2.45, 2.75) is 10.6 Å². The lowest BCUT2D eigenvalue weighted by Crippen LogP contribution is -1.96. The van der Waals surface area contributed by atoms with E-state index in [1.165, 1.54) is 12.1 Å². The summed E-state index contributed by atoms with van der Waals surface area (Å²) in [6.07, 6.45) is 5.35. The molecule has 0 aliphatic rings. The van der Waals surface area contributed by atoms with Crippen LogP contribution in [0.1, 0.15) is 5.56 Å². The van der Waals surface area contributed by atoms with E-state index in [0.29, 0.717) is 5.75 Å². The second kappa shape index (κ2) is 8.89. The topological polar surface area (TPSA) is 58.6 Å². The monoisotopic (exact) mass is 477 g/mol. The Balaban J connectivity index is 1.56. The molecular weight excluding hydrogens is 457 g/mol. The quantitative estimate of drug-likeness (QED) is 0.294. The number of aromatic nitrogens is 3. The highest BCUT2D eigenvalue weighted by molar-refractivity contribution is 7.84. The van der Waals surface area contributed by atoms with Crippen LogP contribution in [0.4, 0.5) is 4.39 Å². The Kier molecular flexibility index (Phi) is 5.43. The second-order valence-corrected chi connectivity index (χ2v) is 9.77. The minimum absolute atomic E-state index is 0.281. The van der Waals surface area contributed by atoms with Crippen LogP contribution < -0.4 is 0 Å². The number of nitrogens with one attached hydrogen (secondary N) is 1. The average Bonchev–Trinajstić information content (AvgIpc) is 3.28. The molecule has 0 aliphatic heterocycles. The first kappa shape index (κ1) is 21.4. The van der Waals surface area contributed by atoms with Gasteiger partial charge in [-0.2, -0.15) is 0 Å². The summed E-state index contributed by atoms with van der Waals surface area (Å²) in [6.45, 7) is 0. The van der Waals surface area contributed by atoms with Gasteiger partial charge >= 0.3 is 0 Å². The fourth-order valence-corrected chi connectivity index (χ4v) is 5.58. The molecule has 1 atom stereocenters. The molecule has 35 heavy (non-hydrogen) atoms. The number of fused-ring (bicyclic) bond motifs is 3. The number of hydrogen-bond donors (Lipinski definition) is 1. The van der Waals surface area contributed by atoms with Gasteiger partial charge in [-0.05, 0) is 65.2 Å². The van der Waals surface area contributed by atoms with Crippen LogP contribution in [-0.4, -0.2) is 19.2 Å². The molecule has 3 aromatic heterocycles. The fourth-order valence-electron chi connectivity index (χ4n) is 4.47. The van der Waals surface area contributed by atoms with E-state index in [2.05, 4.69) is 16.0 Å². The van der Waals surface area contributed by atoms with E-state index in [0.717, 1.165) is 54.6 Å². The van der Waals surface area contributed by atoms with Crippen LogP contribution in [-0.2, 0) is 16.6 Å². The van der Waals surface area contributed by atoms with Crippen molar-refractivity contribution in [2.24, 2.45) is 0 Å². The van der Waals surface area contributed by atoms with Crippen molar-refractivity contribution in [3.8, 4) is 22.3 Å². The Morgan fingerprint density at radius 1 is 0.857 bits per heavy atom. The number of hydrogen-bond acceptors (Lipinski definition) is 3. The maximum Gasteiger partial charge on any atom is 0.138 e. The number of pyridine rings is 2. The van der Waals surface area contributed by atoms with Crippen LogP contribution in [0.3, 0.4) is 0 Å². The summed E-state index contributed by atoms with van der Waals surface area (Å²) in [5.41, 5.74) is 6.47. The predicted molar refractivity (Wildman–Crippen MR) is 139 cm³/mol. The summed E-state index contributed by atoms with van der Waals surface area (Å²) >= 11 is 0. The second-order valence-electron chi connectivity index (χ2n) is 8.32. The van der Waals surface area contributed by atoms with Crippen LogP contribution in [0.2, 0.25) is 0 Å². The van der Waals surface area contributed by atoms with E-state index in [1.807, 2.05) is 60.8 Å². The van der Waals surface area contributed by atoms with Gasteiger partial charge in [-0.25, -0.2) is 9.37 Å². The lowest BCUT2D eigenvalue weighted by molar-refractivity contribution is 0.628. The third-order valence-corrected chi connectivity index (χ3v) is 7.51. The number of nitrogens with zero attached hydrogens (tertiary/aromatic N) is 2. The average molecular weight is 478 g/mol. The van der Waals surface area contributed by atoms with Crippen molar-refractivity contribution in [3.05, 3.63) is 115 Å². The zero-order chi connectivity index (χ0) is 23.8. The maximum atomic E-state index is 13.7. The van der Waals surface area contributed by atoms with Gasteiger partial charge in [-0.15, -0.1) is 0 Å². The molecule has 1 N–H and O–H groups in total. The molecule has 0 fully saturated rings. The molecule has 6 aromatic rings. The number of rotatable bonds is 5. The van der Waals surface area contributed by atoms with Crippen molar-refractivity contribution in [3.63, 3.8) is 0 Å². The number of aromatic amines is 1. The molecule has 3 aromatic carbocycles. The molecule has 170 valence electrons. The summed E-state index contributed by atoms with van der Waals surface area (Å²) in [5, 5.41) is 1.98. The normalized spacial score (nSPS) is 12.3. The molecule has 4 nitrogen and oxygen atoms in total. The van der Waals surface area contributed by atoms with Gasteiger partial charge in [0, 0.05) is 50.9 Å². The summed E-state index contributed by atoms with van der Waals surface area (Å²) in [5.74, 6) is 0.138. The highest BCUT2D eigenvalue weighted by atomic mass is 32.2. The molecule has 0 amide bonds. The first-order valence-electron chi connectivity index (χ1n) is 11.2. The maximum absolute atomic E-state index is 13.7. The Bertz CT molecular complexity index is 1680. The third-order valence-electron chi connectivity index (χ3n) is 6.11. The van der Waals surface area contributed by atoms with E-state index >= 15 is 0 Å². The molecule has 0 aliphatic carbocycles. The van der Waals surface area contributed by atoms with E-state index in [-0.39, 0.29) is 5.82 Å². The summed E-state index contributed by atoms with van der Waals surface area (Å²) < 4.78 is 26.6. The molecule has 1 unspecified atom stereocenters. The van der Waals surface area contributed by atoms with E-state index < -0.39 is 10.8 Å². The summed E-state index contributed by atoms with van der Waals surface area (Å²) in [6, 6.07) is 26.0. The van der Waals surface area contributed by atoms with Crippen molar-refractivity contribution in [2.75, 3.05) is 0 Å². The minimum atomic E-state index is -1.15. The summed E-state index contributed by atoms with van der Waals surface area (Å²) in [4.78, 5) is 13.1.